The molecule has 2 atom stereocenters. The number of H-pyrrole nitrogens is 1. The zero-order valence-electron chi connectivity index (χ0n) is 12.4. The van der Waals surface area contributed by atoms with Crippen molar-refractivity contribution in [2.75, 3.05) is 13.2 Å². The molecule has 0 radical (unpaired) electrons. The molecule has 2 unspecified atom stereocenters. The Kier molecular flexibility index (Phi) is 4.71. The van der Waals surface area contributed by atoms with Gasteiger partial charge in [0.1, 0.15) is 5.75 Å². The molecule has 2 N–H and O–H groups in total. The summed E-state index contributed by atoms with van der Waals surface area (Å²) in [6.07, 6.45) is 8.56. The van der Waals surface area contributed by atoms with Crippen LogP contribution < -0.4 is 4.74 Å². The first-order valence-electron chi connectivity index (χ1n) is 7.55. The van der Waals surface area contributed by atoms with Gasteiger partial charge < -0.3 is 14.8 Å². The third kappa shape index (κ3) is 3.28. The highest BCUT2D eigenvalue weighted by molar-refractivity contribution is 5.74. The molecule has 0 bridgehead atoms. The number of hydrogen-bond donors (Lipinski definition) is 2. The van der Waals surface area contributed by atoms with Gasteiger partial charge >= 0.3 is 0 Å². The maximum atomic E-state index is 8.78. The second-order valence-corrected chi connectivity index (χ2v) is 5.27. The molecule has 1 aromatic heterocycles. The molecule has 0 saturated carbocycles. The zero-order valence-corrected chi connectivity index (χ0v) is 12.4. The van der Waals surface area contributed by atoms with Crippen molar-refractivity contribution in [3.8, 4) is 5.75 Å². The molecule has 114 valence electrons. The highest BCUT2D eigenvalue weighted by Crippen LogP contribution is 2.31. The fraction of sp³-hybridized carbons (Fsp3) is 0.278. The van der Waals surface area contributed by atoms with Crippen molar-refractivity contribution in [3.63, 3.8) is 0 Å². The Morgan fingerprint density at radius 3 is 2.73 bits per heavy atom. The molecule has 22 heavy (non-hydrogen) atoms. The number of aliphatic imine (C=N–C) groups is 1. The summed E-state index contributed by atoms with van der Waals surface area (Å²) in [4.78, 5) is 7.84. The molecule has 4 heteroatoms. The summed E-state index contributed by atoms with van der Waals surface area (Å²) in [5.74, 6) is 1.00. The minimum Gasteiger partial charge on any atom is -0.494 e. The Labute approximate surface area is 130 Å². The van der Waals surface area contributed by atoms with Crippen LogP contribution in [0.15, 0.2) is 59.7 Å². The lowest BCUT2D eigenvalue weighted by atomic mass is 9.89. The highest BCUT2D eigenvalue weighted by atomic mass is 16.5. The van der Waals surface area contributed by atoms with E-state index in [0.717, 1.165) is 11.4 Å². The van der Waals surface area contributed by atoms with Gasteiger partial charge in [0.05, 0.1) is 18.6 Å². The third-order valence-corrected chi connectivity index (χ3v) is 3.76. The van der Waals surface area contributed by atoms with Gasteiger partial charge in [-0.05, 0) is 35.9 Å². The van der Waals surface area contributed by atoms with E-state index < -0.39 is 0 Å². The smallest absolute Gasteiger partial charge is 0.119 e. The Balaban J connectivity index is 1.79. The van der Waals surface area contributed by atoms with E-state index in [-0.39, 0.29) is 18.6 Å². The van der Waals surface area contributed by atoms with Gasteiger partial charge in [-0.3, -0.25) is 4.99 Å². The van der Waals surface area contributed by atoms with Crippen molar-refractivity contribution < 1.29 is 9.84 Å². The lowest BCUT2D eigenvalue weighted by Crippen LogP contribution is -2.15. The van der Waals surface area contributed by atoms with E-state index in [1.807, 2.05) is 36.7 Å². The molecule has 0 saturated heterocycles. The van der Waals surface area contributed by atoms with Crippen molar-refractivity contribution in [1.82, 2.24) is 4.98 Å². The summed E-state index contributed by atoms with van der Waals surface area (Å²) in [7, 11) is 0. The van der Waals surface area contributed by atoms with Crippen molar-refractivity contribution in [2.24, 2.45) is 4.99 Å². The minimum absolute atomic E-state index is 0.125. The molecule has 1 aromatic carbocycles. The van der Waals surface area contributed by atoms with Crippen molar-refractivity contribution in [2.45, 2.75) is 18.4 Å². The second-order valence-electron chi connectivity index (χ2n) is 5.27. The van der Waals surface area contributed by atoms with Gasteiger partial charge in [0, 0.05) is 31.1 Å². The van der Waals surface area contributed by atoms with Crippen molar-refractivity contribution in [3.05, 3.63) is 66.0 Å². The van der Waals surface area contributed by atoms with Crippen LogP contribution in [0.25, 0.3) is 0 Å². The molecule has 4 nitrogen and oxygen atoms in total. The number of allylic oxidation sites excluding steroid dienone is 1. The van der Waals surface area contributed by atoms with Crippen LogP contribution in [0.2, 0.25) is 0 Å². The van der Waals surface area contributed by atoms with Crippen molar-refractivity contribution in [1.29, 1.82) is 0 Å². The van der Waals surface area contributed by atoms with Gasteiger partial charge in [-0.1, -0.05) is 18.2 Å². The highest BCUT2D eigenvalue weighted by Gasteiger charge is 2.24. The maximum absolute atomic E-state index is 8.78. The Hall–Kier alpha value is -2.33. The largest absolute Gasteiger partial charge is 0.494 e. The van der Waals surface area contributed by atoms with E-state index in [9.17, 15) is 0 Å². The number of benzene rings is 1. The summed E-state index contributed by atoms with van der Waals surface area (Å²) < 4.78 is 5.59. The van der Waals surface area contributed by atoms with Gasteiger partial charge in [0.15, 0.2) is 0 Å². The second kappa shape index (κ2) is 7.09. The molecule has 3 rings (SSSR count). The van der Waals surface area contributed by atoms with Crippen LogP contribution in [0.5, 0.6) is 5.75 Å². The number of aromatic amines is 1. The zero-order chi connectivity index (χ0) is 15.2. The molecule has 2 aromatic rings. The quantitative estimate of drug-likeness (QED) is 0.772. The van der Waals surface area contributed by atoms with E-state index in [0.29, 0.717) is 13.0 Å². The summed E-state index contributed by atoms with van der Waals surface area (Å²) in [5, 5.41) is 8.78. The van der Waals surface area contributed by atoms with Gasteiger partial charge in [0.2, 0.25) is 0 Å². The predicted molar refractivity (Wildman–Crippen MR) is 87.7 cm³/mol. The van der Waals surface area contributed by atoms with Gasteiger partial charge in [-0.15, -0.1) is 0 Å². The number of nitrogens with one attached hydrogen (secondary N) is 1. The number of ether oxygens (including phenoxy) is 1. The van der Waals surface area contributed by atoms with Gasteiger partial charge in [0.25, 0.3) is 0 Å². The van der Waals surface area contributed by atoms with Crippen molar-refractivity contribution >= 4 is 6.21 Å². The number of nitrogens with zero attached hydrogens (tertiary/aromatic N) is 1. The van der Waals surface area contributed by atoms with Crippen LogP contribution in [-0.4, -0.2) is 35.6 Å². The van der Waals surface area contributed by atoms with Crippen LogP contribution in [0, 0.1) is 0 Å². The van der Waals surface area contributed by atoms with Crippen LogP contribution in [0.4, 0.5) is 0 Å². The number of aliphatic hydroxyl groups is 1. The van der Waals surface area contributed by atoms with Crippen LogP contribution in [0.3, 0.4) is 0 Å². The lowest BCUT2D eigenvalue weighted by Gasteiger charge is -2.20. The average Bonchev–Trinajstić information content (AvgIpc) is 3.24. The van der Waals surface area contributed by atoms with Crippen LogP contribution in [-0.2, 0) is 0 Å². The molecule has 1 aliphatic rings. The van der Waals surface area contributed by atoms with Gasteiger partial charge in [-0.25, -0.2) is 0 Å². The molecular weight excluding hydrogens is 276 g/mol. The maximum Gasteiger partial charge on any atom is 0.119 e. The first-order chi connectivity index (χ1) is 10.9. The first kappa shape index (κ1) is 14.6. The Morgan fingerprint density at radius 2 is 2.09 bits per heavy atom. The number of aliphatic hydroxyl groups excluding tert-OH is 1. The average molecular weight is 296 g/mol. The molecule has 0 fully saturated rings. The number of rotatable bonds is 7. The third-order valence-electron chi connectivity index (χ3n) is 3.76. The monoisotopic (exact) mass is 296 g/mol. The van der Waals surface area contributed by atoms with E-state index in [2.05, 4.69) is 34.3 Å². The lowest BCUT2D eigenvalue weighted by molar-refractivity contribution is 0.233. The fourth-order valence-electron chi connectivity index (χ4n) is 2.68. The van der Waals surface area contributed by atoms with Crippen LogP contribution >= 0.6 is 0 Å². The molecule has 0 aliphatic carbocycles. The predicted octanol–water partition coefficient (Wildman–Crippen LogP) is 2.92. The Morgan fingerprint density at radius 1 is 1.23 bits per heavy atom. The summed E-state index contributed by atoms with van der Waals surface area (Å²) in [5.41, 5.74) is 2.35. The van der Waals surface area contributed by atoms with E-state index in [1.165, 1.54) is 5.56 Å². The summed E-state index contributed by atoms with van der Waals surface area (Å²) >= 11 is 0. The molecule has 2 heterocycles. The Bertz CT molecular complexity index is 618. The SMILES string of the molecule is OCCCOc1ccc(C(c2ccc[nH]2)C2C=CC=N2)cc1. The molecule has 0 spiro atoms. The molecular formula is C18H20N2O2. The summed E-state index contributed by atoms with van der Waals surface area (Å²) in [6, 6.07) is 12.4. The van der Waals surface area contributed by atoms with E-state index in [4.69, 9.17) is 9.84 Å². The van der Waals surface area contributed by atoms with E-state index >= 15 is 0 Å². The number of hydrogen-bond acceptors (Lipinski definition) is 3. The summed E-state index contributed by atoms with van der Waals surface area (Å²) in [6.45, 7) is 0.685. The standard InChI is InChI=1S/C18H20N2O2/c21-12-3-13-22-15-8-6-14(7-9-15)18(16-4-1-10-19-16)17-5-2-11-20-17/h1-2,4-11,16,18,20-21H,3,12-13H2. The first-order valence-corrected chi connectivity index (χ1v) is 7.55. The molecule has 0 amide bonds. The van der Waals surface area contributed by atoms with Gasteiger partial charge in [-0.2, -0.15) is 0 Å². The normalized spacial score (nSPS) is 17.8. The minimum atomic E-state index is 0.125. The number of aromatic nitrogens is 1. The topological polar surface area (TPSA) is 57.6 Å². The van der Waals surface area contributed by atoms with Crippen LogP contribution in [0.1, 0.15) is 23.6 Å². The molecule has 1 aliphatic heterocycles. The van der Waals surface area contributed by atoms with E-state index in [1.54, 1.807) is 0 Å². The fourth-order valence-corrected chi connectivity index (χ4v) is 2.68.